The van der Waals surface area contributed by atoms with E-state index in [0.717, 1.165) is 12.1 Å². The molecular formula is C14H11ClF2N2O2. The highest BCUT2D eigenvalue weighted by Crippen LogP contribution is 2.24. The molecule has 2 aromatic rings. The van der Waals surface area contributed by atoms with Gasteiger partial charge in [-0.05, 0) is 30.3 Å². The number of hydrogen-bond donors (Lipinski definition) is 2. The number of ether oxygens (including phenoxy) is 1. The van der Waals surface area contributed by atoms with Crippen LogP contribution in [0.5, 0.6) is 5.75 Å². The van der Waals surface area contributed by atoms with Gasteiger partial charge in [0, 0.05) is 5.56 Å². The van der Waals surface area contributed by atoms with Gasteiger partial charge in [0.15, 0.2) is 5.84 Å². The Labute approximate surface area is 124 Å². The zero-order valence-corrected chi connectivity index (χ0v) is 11.4. The van der Waals surface area contributed by atoms with E-state index in [0.29, 0.717) is 11.3 Å². The predicted octanol–water partition coefficient (Wildman–Crippen LogP) is 3.29. The molecule has 0 saturated carbocycles. The van der Waals surface area contributed by atoms with Gasteiger partial charge in [-0.3, -0.25) is 0 Å². The lowest BCUT2D eigenvalue weighted by Crippen LogP contribution is -2.13. The molecule has 0 aliphatic rings. The zero-order valence-electron chi connectivity index (χ0n) is 10.7. The third-order valence-electron chi connectivity index (χ3n) is 2.77. The van der Waals surface area contributed by atoms with E-state index in [2.05, 4.69) is 5.16 Å². The molecule has 0 spiro atoms. The van der Waals surface area contributed by atoms with Crippen molar-refractivity contribution in [3.8, 4) is 5.75 Å². The van der Waals surface area contributed by atoms with Crippen molar-refractivity contribution in [1.82, 2.24) is 0 Å². The molecule has 0 amide bonds. The minimum absolute atomic E-state index is 0.147. The van der Waals surface area contributed by atoms with Gasteiger partial charge in [-0.1, -0.05) is 22.8 Å². The van der Waals surface area contributed by atoms with Crippen LogP contribution in [0.4, 0.5) is 8.78 Å². The summed E-state index contributed by atoms with van der Waals surface area (Å²) in [5, 5.41) is 11.6. The van der Waals surface area contributed by atoms with Crippen molar-refractivity contribution < 1.29 is 18.7 Å². The van der Waals surface area contributed by atoms with Crippen molar-refractivity contribution in [3.05, 3.63) is 64.2 Å². The maximum absolute atomic E-state index is 13.4. The van der Waals surface area contributed by atoms with Crippen LogP contribution in [-0.2, 0) is 6.61 Å². The van der Waals surface area contributed by atoms with Gasteiger partial charge >= 0.3 is 0 Å². The number of rotatable bonds is 4. The molecule has 0 atom stereocenters. The summed E-state index contributed by atoms with van der Waals surface area (Å²) < 4.78 is 32.2. The van der Waals surface area contributed by atoms with E-state index in [-0.39, 0.29) is 23.0 Å². The summed E-state index contributed by atoms with van der Waals surface area (Å²) in [6.45, 7) is -0.280. The number of oxime groups is 1. The summed E-state index contributed by atoms with van der Waals surface area (Å²) in [5.74, 6) is -1.22. The largest absolute Gasteiger partial charge is 0.489 e. The molecule has 2 aromatic carbocycles. The monoisotopic (exact) mass is 312 g/mol. The van der Waals surface area contributed by atoms with E-state index in [1.807, 2.05) is 0 Å². The minimum atomic E-state index is -0.686. The summed E-state index contributed by atoms with van der Waals surface area (Å²) in [5.41, 5.74) is 5.58. The highest BCUT2D eigenvalue weighted by molar-refractivity contribution is 6.34. The van der Waals surface area contributed by atoms with Gasteiger partial charge < -0.3 is 15.7 Å². The Morgan fingerprint density at radius 1 is 1.24 bits per heavy atom. The molecule has 4 nitrogen and oxygen atoms in total. The first-order valence-corrected chi connectivity index (χ1v) is 6.24. The van der Waals surface area contributed by atoms with Crippen LogP contribution in [-0.4, -0.2) is 11.0 Å². The first-order valence-electron chi connectivity index (χ1n) is 5.86. The van der Waals surface area contributed by atoms with Crippen molar-refractivity contribution in [2.45, 2.75) is 6.61 Å². The van der Waals surface area contributed by atoms with Gasteiger partial charge in [0.25, 0.3) is 0 Å². The molecule has 0 bridgehead atoms. The fourth-order valence-electron chi connectivity index (χ4n) is 1.67. The number of nitrogens with zero attached hydrogens (tertiary/aromatic N) is 1. The summed E-state index contributed by atoms with van der Waals surface area (Å²) in [7, 11) is 0. The highest BCUT2D eigenvalue weighted by Gasteiger charge is 2.11. The standard InChI is InChI=1S/C14H11ClF2N2O2/c15-11-6-8(4-5-9(11)14(18)19-20)21-7-10-12(16)2-1-3-13(10)17/h1-6,20H,7H2,(H2,18,19). The molecule has 0 fully saturated rings. The fraction of sp³-hybridized carbons (Fsp3) is 0.0714. The van der Waals surface area contributed by atoms with Crippen LogP contribution in [0.3, 0.4) is 0 Å². The van der Waals surface area contributed by atoms with Crippen molar-refractivity contribution in [2.24, 2.45) is 10.9 Å². The van der Waals surface area contributed by atoms with Crippen LogP contribution >= 0.6 is 11.6 Å². The second-order valence-corrected chi connectivity index (χ2v) is 4.52. The van der Waals surface area contributed by atoms with Crippen LogP contribution in [0.25, 0.3) is 0 Å². The van der Waals surface area contributed by atoms with E-state index < -0.39 is 11.6 Å². The van der Waals surface area contributed by atoms with Crippen molar-refractivity contribution in [1.29, 1.82) is 0 Å². The number of benzene rings is 2. The molecule has 0 heterocycles. The summed E-state index contributed by atoms with van der Waals surface area (Å²) >= 11 is 5.95. The van der Waals surface area contributed by atoms with Crippen LogP contribution < -0.4 is 10.5 Å². The second kappa shape index (κ2) is 6.41. The molecule has 3 N–H and O–H groups in total. The Balaban J connectivity index is 2.16. The molecule has 0 saturated heterocycles. The fourth-order valence-corrected chi connectivity index (χ4v) is 1.94. The molecule has 2 rings (SSSR count). The van der Waals surface area contributed by atoms with E-state index in [4.69, 9.17) is 27.3 Å². The molecule has 0 unspecified atom stereocenters. The molecular weight excluding hydrogens is 302 g/mol. The number of hydrogen-bond acceptors (Lipinski definition) is 3. The predicted molar refractivity (Wildman–Crippen MR) is 74.7 cm³/mol. The Kier molecular flexibility index (Phi) is 4.59. The average Bonchev–Trinajstić information content (AvgIpc) is 2.46. The maximum atomic E-state index is 13.4. The first kappa shape index (κ1) is 15.1. The van der Waals surface area contributed by atoms with Gasteiger partial charge in [0.2, 0.25) is 0 Å². The summed E-state index contributed by atoms with van der Waals surface area (Å²) in [4.78, 5) is 0. The van der Waals surface area contributed by atoms with Crippen LogP contribution in [0.15, 0.2) is 41.6 Å². The van der Waals surface area contributed by atoms with Crippen LogP contribution in [0.2, 0.25) is 5.02 Å². The zero-order chi connectivity index (χ0) is 15.4. The molecule has 0 aliphatic heterocycles. The minimum Gasteiger partial charge on any atom is -0.489 e. The van der Waals surface area contributed by atoms with E-state index >= 15 is 0 Å². The summed E-state index contributed by atoms with van der Waals surface area (Å²) in [6.07, 6.45) is 0. The quantitative estimate of drug-likeness (QED) is 0.394. The normalized spacial score (nSPS) is 11.5. The lowest BCUT2D eigenvalue weighted by Gasteiger charge is -2.10. The number of nitrogens with two attached hydrogens (primary N) is 1. The average molecular weight is 313 g/mol. The van der Waals surface area contributed by atoms with Gasteiger partial charge in [-0.25, -0.2) is 8.78 Å². The molecule has 0 aromatic heterocycles. The van der Waals surface area contributed by atoms with Gasteiger partial charge in [-0.15, -0.1) is 0 Å². The number of amidine groups is 1. The number of halogens is 3. The van der Waals surface area contributed by atoms with Crippen molar-refractivity contribution >= 4 is 17.4 Å². The Bertz CT molecular complexity index is 672. The lowest BCUT2D eigenvalue weighted by molar-refractivity contribution is 0.292. The van der Waals surface area contributed by atoms with E-state index in [9.17, 15) is 8.78 Å². The topological polar surface area (TPSA) is 67.8 Å². The van der Waals surface area contributed by atoms with E-state index in [1.165, 1.54) is 24.3 Å². The molecule has 0 aliphatic carbocycles. The smallest absolute Gasteiger partial charge is 0.171 e. The van der Waals surface area contributed by atoms with Crippen LogP contribution in [0, 0.1) is 11.6 Å². The lowest BCUT2D eigenvalue weighted by atomic mass is 10.2. The third-order valence-corrected chi connectivity index (χ3v) is 3.08. The molecule has 110 valence electrons. The SMILES string of the molecule is N/C(=N/O)c1ccc(OCc2c(F)cccc2F)cc1Cl. The highest BCUT2D eigenvalue weighted by atomic mass is 35.5. The summed E-state index contributed by atoms with van der Waals surface area (Å²) in [6, 6.07) is 7.96. The van der Waals surface area contributed by atoms with Crippen LogP contribution in [0.1, 0.15) is 11.1 Å². The molecule has 0 radical (unpaired) electrons. The Morgan fingerprint density at radius 3 is 2.48 bits per heavy atom. The van der Waals surface area contributed by atoms with Gasteiger partial charge in [-0.2, -0.15) is 0 Å². The Hall–Kier alpha value is -2.34. The van der Waals surface area contributed by atoms with Gasteiger partial charge in [0.05, 0.1) is 10.6 Å². The van der Waals surface area contributed by atoms with Crippen molar-refractivity contribution in [3.63, 3.8) is 0 Å². The second-order valence-electron chi connectivity index (χ2n) is 4.12. The molecule has 7 heteroatoms. The third kappa shape index (κ3) is 3.41. The van der Waals surface area contributed by atoms with E-state index in [1.54, 1.807) is 0 Å². The Morgan fingerprint density at radius 2 is 1.90 bits per heavy atom. The molecule has 21 heavy (non-hydrogen) atoms. The van der Waals surface area contributed by atoms with Crippen molar-refractivity contribution in [2.75, 3.05) is 0 Å². The van der Waals surface area contributed by atoms with Gasteiger partial charge in [0.1, 0.15) is 24.0 Å². The maximum Gasteiger partial charge on any atom is 0.171 e. The first-order chi connectivity index (χ1) is 10.0.